The van der Waals surface area contributed by atoms with Crippen LogP contribution in [0.15, 0.2) is 60.7 Å². The summed E-state index contributed by atoms with van der Waals surface area (Å²) in [5, 5.41) is 10.3. The average molecular weight is 423 g/mol. The Morgan fingerprint density at radius 3 is 1.32 bits per heavy atom. The Bertz CT molecular complexity index is 669. The van der Waals surface area contributed by atoms with Crippen molar-refractivity contribution < 1.29 is 9.90 Å². The Kier molecular flexibility index (Phi) is 12.0. The van der Waals surface area contributed by atoms with Gasteiger partial charge in [0, 0.05) is 0 Å². The number of carbonyl (C=O) groups is 1. The number of unbranched alkanes of at least 4 members (excludes halogenated alkanes) is 12. The van der Waals surface area contributed by atoms with Crippen LogP contribution >= 0.6 is 0 Å². The van der Waals surface area contributed by atoms with Crippen LogP contribution in [0, 0.1) is 0 Å². The number of hydrogen-bond donors (Lipinski definition) is 1. The van der Waals surface area contributed by atoms with Gasteiger partial charge in [-0.2, -0.15) is 0 Å². The van der Waals surface area contributed by atoms with Crippen LogP contribution in [-0.2, 0) is 10.2 Å². The van der Waals surface area contributed by atoms with Crippen molar-refractivity contribution in [1.29, 1.82) is 0 Å². The molecule has 0 unspecified atom stereocenters. The summed E-state index contributed by atoms with van der Waals surface area (Å²) in [7, 11) is 0. The van der Waals surface area contributed by atoms with Crippen molar-refractivity contribution in [3.8, 4) is 0 Å². The molecule has 0 aromatic heterocycles. The highest BCUT2D eigenvalue weighted by Crippen LogP contribution is 2.38. The summed E-state index contributed by atoms with van der Waals surface area (Å²) >= 11 is 0. The Labute approximate surface area is 190 Å². The molecule has 0 heterocycles. The van der Waals surface area contributed by atoms with Gasteiger partial charge >= 0.3 is 5.97 Å². The summed E-state index contributed by atoms with van der Waals surface area (Å²) < 4.78 is 0. The predicted octanol–water partition coefficient (Wildman–Crippen LogP) is 8.54. The molecule has 31 heavy (non-hydrogen) atoms. The van der Waals surface area contributed by atoms with E-state index in [2.05, 4.69) is 6.92 Å². The molecule has 2 nitrogen and oxygen atoms in total. The molecular formula is C29H42O2. The van der Waals surface area contributed by atoms with E-state index >= 15 is 0 Å². The molecule has 170 valence electrons. The summed E-state index contributed by atoms with van der Waals surface area (Å²) in [6.45, 7) is 2.27. The van der Waals surface area contributed by atoms with Crippen LogP contribution in [0.3, 0.4) is 0 Å². The van der Waals surface area contributed by atoms with Gasteiger partial charge in [-0.1, -0.05) is 151 Å². The van der Waals surface area contributed by atoms with Gasteiger partial charge in [0.25, 0.3) is 0 Å². The summed E-state index contributed by atoms with van der Waals surface area (Å²) in [5.41, 5.74) is 0.806. The lowest BCUT2D eigenvalue weighted by molar-refractivity contribution is -0.142. The minimum absolute atomic E-state index is 0.647. The summed E-state index contributed by atoms with van der Waals surface area (Å²) in [5.74, 6) is -0.746. The molecular weight excluding hydrogens is 380 g/mol. The van der Waals surface area contributed by atoms with Gasteiger partial charge in [-0.15, -0.1) is 0 Å². The molecule has 0 saturated carbocycles. The van der Waals surface area contributed by atoms with Crippen LogP contribution in [-0.4, -0.2) is 11.1 Å². The van der Waals surface area contributed by atoms with E-state index in [1.807, 2.05) is 60.7 Å². The molecule has 0 amide bonds. The van der Waals surface area contributed by atoms with E-state index in [1.165, 1.54) is 70.6 Å². The molecule has 0 saturated heterocycles. The first kappa shape index (κ1) is 25.2. The van der Waals surface area contributed by atoms with Crippen LogP contribution in [0.25, 0.3) is 0 Å². The second-order valence-corrected chi connectivity index (χ2v) is 8.94. The van der Waals surface area contributed by atoms with Crippen molar-refractivity contribution >= 4 is 5.97 Å². The number of hydrogen-bond acceptors (Lipinski definition) is 1. The van der Waals surface area contributed by atoms with Gasteiger partial charge in [0.1, 0.15) is 5.41 Å². The maximum absolute atomic E-state index is 12.6. The lowest BCUT2D eigenvalue weighted by atomic mass is 9.71. The van der Waals surface area contributed by atoms with E-state index in [1.54, 1.807) is 0 Å². The van der Waals surface area contributed by atoms with Crippen LogP contribution in [0.5, 0.6) is 0 Å². The highest BCUT2D eigenvalue weighted by molar-refractivity contribution is 5.86. The van der Waals surface area contributed by atoms with Gasteiger partial charge < -0.3 is 5.11 Å². The van der Waals surface area contributed by atoms with Crippen molar-refractivity contribution in [1.82, 2.24) is 0 Å². The summed E-state index contributed by atoms with van der Waals surface area (Å²) in [6.07, 6.45) is 17.5. The zero-order chi connectivity index (χ0) is 22.2. The molecule has 2 heteroatoms. The first-order valence-electron chi connectivity index (χ1n) is 12.6. The van der Waals surface area contributed by atoms with Crippen LogP contribution in [0.4, 0.5) is 0 Å². The maximum Gasteiger partial charge on any atom is 0.318 e. The molecule has 0 atom stereocenters. The Balaban J connectivity index is 1.76. The Morgan fingerprint density at radius 2 is 0.968 bits per heavy atom. The summed E-state index contributed by atoms with van der Waals surface area (Å²) in [6, 6.07) is 19.5. The number of rotatable bonds is 17. The number of aliphatic carboxylic acids is 1. The third kappa shape index (κ3) is 8.16. The highest BCUT2D eigenvalue weighted by Gasteiger charge is 2.41. The molecule has 2 aromatic rings. The van der Waals surface area contributed by atoms with E-state index < -0.39 is 11.4 Å². The molecule has 2 aromatic carbocycles. The van der Waals surface area contributed by atoms with Gasteiger partial charge in [-0.3, -0.25) is 4.79 Å². The Morgan fingerprint density at radius 1 is 0.613 bits per heavy atom. The topological polar surface area (TPSA) is 37.3 Å². The lowest BCUT2D eigenvalue weighted by Crippen LogP contribution is -2.37. The normalized spacial score (nSPS) is 11.5. The second kappa shape index (κ2) is 14.8. The van der Waals surface area contributed by atoms with E-state index in [9.17, 15) is 9.90 Å². The fourth-order valence-corrected chi connectivity index (χ4v) is 4.66. The Hall–Kier alpha value is -2.09. The van der Waals surface area contributed by atoms with Crippen molar-refractivity contribution in [2.45, 2.75) is 102 Å². The number of carboxylic acids is 1. The monoisotopic (exact) mass is 422 g/mol. The molecule has 0 aliphatic rings. The third-order valence-corrected chi connectivity index (χ3v) is 6.55. The predicted molar refractivity (Wildman–Crippen MR) is 132 cm³/mol. The molecule has 0 fully saturated rings. The molecule has 2 rings (SSSR count). The maximum atomic E-state index is 12.6. The first-order valence-corrected chi connectivity index (χ1v) is 12.6. The zero-order valence-corrected chi connectivity index (χ0v) is 19.5. The molecule has 0 bridgehead atoms. The van der Waals surface area contributed by atoms with Crippen molar-refractivity contribution in [2.24, 2.45) is 0 Å². The van der Waals surface area contributed by atoms with E-state index in [0.717, 1.165) is 24.0 Å². The largest absolute Gasteiger partial charge is 0.480 e. The SMILES string of the molecule is CCCCCCCCCCCCCCCC(C(=O)O)(c1ccccc1)c1ccccc1. The van der Waals surface area contributed by atoms with E-state index in [4.69, 9.17) is 0 Å². The van der Waals surface area contributed by atoms with Gasteiger partial charge in [0.15, 0.2) is 0 Å². The lowest BCUT2D eigenvalue weighted by Gasteiger charge is -2.31. The highest BCUT2D eigenvalue weighted by atomic mass is 16.4. The van der Waals surface area contributed by atoms with Crippen LogP contribution in [0.2, 0.25) is 0 Å². The fraction of sp³-hybridized carbons (Fsp3) is 0.552. The van der Waals surface area contributed by atoms with E-state index in [-0.39, 0.29) is 0 Å². The average Bonchev–Trinajstić information content (AvgIpc) is 2.80. The smallest absolute Gasteiger partial charge is 0.318 e. The van der Waals surface area contributed by atoms with Gasteiger partial charge in [-0.25, -0.2) is 0 Å². The van der Waals surface area contributed by atoms with Gasteiger partial charge in [0.2, 0.25) is 0 Å². The number of carboxylic acid groups (broad SMARTS) is 1. The van der Waals surface area contributed by atoms with Crippen molar-refractivity contribution in [2.75, 3.05) is 0 Å². The first-order chi connectivity index (χ1) is 15.2. The van der Waals surface area contributed by atoms with Crippen LogP contribution in [0.1, 0.15) is 108 Å². The van der Waals surface area contributed by atoms with Gasteiger partial charge in [-0.05, 0) is 17.5 Å². The molecule has 0 aliphatic heterocycles. The number of benzene rings is 2. The minimum atomic E-state index is -0.958. The summed E-state index contributed by atoms with van der Waals surface area (Å²) in [4.78, 5) is 12.6. The fourth-order valence-electron chi connectivity index (χ4n) is 4.66. The van der Waals surface area contributed by atoms with Crippen LogP contribution < -0.4 is 0 Å². The quantitative estimate of drug-likeness (QED) is 0.259. The molecule has 1 N–H and O–H groups in total. The zero-order valence-electron chi connectivity index (χ0n) is 19.5. The van der Waals surface area contributed by atoms with Crippen molar-refractivity contribution in [3.05, 3.63) is 71.8 Å². The second-order valence-electron chi connectivity index (χ2n) is 8.94. The molecule has 0 spiro atoms. The minimum Gasteiger partial charge on any atom is -0.480 e. The van der Waals surface area contributed by atoms with Crippen molar-refractivity contribution in [3.63, 3.8) is 0 Å². The van der Waals surface area contributed by atoms with Gasteiger partial charge in [0.05, 0.1) is 0 Å². The molecule has 0 radical (unpaired) electrons. The molecule has 0 aliphatic carbocycles. The third-order valence-electron chi connectivity index (χ3n) is 6.55. The standard InChI is InChI=1S/C29H42O2/c1-2-3-4-5-6-7-8-9-10-11-12-13-20-25-29(28(30)31,26-21-16-14-17-22-26)27-23-18-15-19-24-27/h14-19,21-24H,2-13,20,25H2,1H3,(H,30,31). The van der Waals surface area contributed by atoms with E-state index in [0.29, 0.717) is 6.42 Å².